The number of nitrogens with one attached hydrogen (secondary N) is 2. The lowest BCUT2D eigenvalue weighted by Gasteiger charge is -2.31. The molecule has 2 rings (SSSR count). The van der Waals surface area contributed by atoms with E-state index in [1.165, 1.54) is 0 Å². The Morgan fingerprint density at radius 2 is 2.14 bits per heavy atom. The Balaban J connectivity index is 1.83. The van der Waals surface area contributed by atoms with Crippen molar-refractivity contribution in [3.63, 3.8) is 0 Å². The van der Waals surface area contributed by atoms with Gasteiger partial charge in [-0.2, -0.15) is 0 Å². The van der Waals surface area contributed by atoms with Crippen molar-refractivity contribution < 1.29 is 18.1 Å². The third-order valence-electron chi connectivity index (χ3n) is 4.25. The van der Waals surface area contributed by atoms with E-state index in [0.717, 1.165) is 45.8 Å². The maximum atomic E-state index is 11.7. The van der Waals surface area contributed by atoms with Crippen molar-refractivity contribution >= 4 is 27.2 Å². The molecule has 0 spiro atoms. The lowest BCUT2D eigenvalue weighted by Crippen LogP contribution is -3.14. The molecule has 1 atom stereocenters. The quantitative estimate of drug-likeness (QED) is 0.583. The van der Waals surface area contributed by atoms with Crippen LogP contribution < -0.4 is 10.2 Å². The van der Waals surface area contributed by atoms with Crippen LogP contribution in [0, 0.1) is 0 Å². The standard InChI is InChI=1S/C13H25N3O3S2/c1-14-13(20)16(12-3-10-21(17,18)11-12)5-2-4-15-6-8-19-9-7-15/h12H,2-11H2,1H3,(H,14,20)/p+1/t12-/m0/s1. The zero-order chi connectivity index (χ0) is 15.3. The van der Waals surface area contributed by atoms with Crippen molar-refractivity contribution in [2.45, 2.75) is 18.9 Å². The number of ether oxygens (including phenoxy) is 1. The molecule has 0 amide bonds. The second kappa shape index (κ2) is 7.71. The molecule has 0 saturated carbocycles. The molecule has 0 unspecified atom stereocenters. The molecule has 2 fully saturated rings. The smallest absolute Gasteiger partial charge is 0.168 e. The Bertz CT molecular complexity index is 450. The third kappa shape index (κ3) is 5.05. The van der Waals surface area contributed by atoms with Crippen molar-refractivity contribution in [1.82, 2.24) is 10.2 Å². The van der Waals surface area contributed by atoms with Crippen molar-refractivity contribution in [2.75, 3.05) is 57.9 Å². The summed E-state index contributed by atoms with van der Waals surface area (Å²) in [5.74, 6) is 0.522. The van der Waals surface area contributed by atoms with Crippen LogP contribution in [0.4, 0.5) is 0 Å². The van der Waals surface area contributed by atoms with Gasteiger partial charge in [0.05, 0.1) is 31.3 Å². The Hall–Kier alpha value is -0.440. The summed E-state index contributed by atoms with van der Waals surface area (Å²) < 4.78 is 28.7. The first-order valence-electron chi connectivity index (χ1n) is 7.62. The number of hydrogen-bond acceptors (Lipinski definition) is 4. The second-order valence-electron chi connectivity index (χ2n) is 5.77. The van der Waals surface area contributed by atoms with Crippen LogP contribution in [-0.2, 0) is 14.6 Å². The molecule has 0 radical (unpaired) electrons. The summed E-state index contributed by atoms with van der Waals surface area (Å²) in [6, 6.07) is 0.0367. The van der Waals surface area contributed by atoms with E-state index in [0.29, 0.717) is 11.5 Å². The van der Waals surface area contributed by atoms with E-state index < -0.39 is 9.84 Å². The summed E-state index contributed by atoms with van der Waals surface area (Å²) in [4.78, 5) is 3.63. The highest BCUT2D eigenvalue weighted by molar-refractivity contribution is 7.91. The maximum Gasteiger partial charge on any atom is 0.168 e. The van der Waals surface area contributed by atoms with Crippen molar-refractivity contribution in [3.8, 4) is 0 Å². The van der Waals surface area contributed by atoms with Crippen molar-refractivity contribution in [1.29, 1.82) is 0 Å². The van der Waals surface area contributed by atoms with E-state index in [4.69, 9.17) is 17.0 Å². The van der Waals surface area contributed by atoms with Gasteiger partial charge in [-0.25, -0.2) is 8.42 Å². The number of quaternary nitrogens is 1. The van der Waals surface area contributed by atoms with E-state index in [1.54, 1.807) is 11.9 Å². The number of hydrogen-bond donors (Lipinski definition) is 2. The lowest BCUT2D eigenvalue weighted by molar-refractivity contribution is -0.908. The van der Waals surface area contributed by atoms with Gasteiger partial charge >= 0.3 is 0 Å². The largest absolute Gasteiger partial charge is 0.370 e. The van der Waals surface area contributed by atoms with Crippen LogP contribution in [0.3, 0.4) is 0 Å². The molecule has 2 aliphatic rings. The molecular weight excluding hydrogens is 310 g/mol. The molecule has 122 valence electrons. The van der Waals surface area contributed by atoms with Gasteiger partial charge in [-0.1, -0.05) is 0 Å². The lowest BCUT2D eigenvalue weighted by atomic mass is 10.2. The van der Waals surface area contributed by atoms with Crippen LogP contribution >= 0.6 is 12.2 Å². The fourth-order valence-corrected chi connectivity index (χ4v) is 5.00. The van der Waals surface area contributed by atoms with Gasteiger partial charge in [0.25, 0.3) is 0 Å². The first kappa shape index (κ1) is 16.9. The van der Waals surface area contributed by atoms with Crippen LogP contribution in [0.1, 0.15) is 12.8 Å². The normalized spacial score (nSPS) is 25.7. The molecule has 0 bridgehead atoms. The second-order valence-corrected chi connectivity index (χ2v) is 8.39. The zero-order valence-corrected chi connectivity index (χ0v) is 14.3. The summed E-state index contributed by atoms with van der Waals surface area (Å²) >= 11 is 5.35. The summed E-state index contributed by atoms with van der Waals surface area (Å²) in [6.45, 7) is 5.72. The molecule has 2 N–H and O–H groups in total. The summed E-state index contributed by atoms with van der Waals surface area (Å²) in [5.41, 5.74) is 0. The highest BCUT2D eigenvalue weighted by Gasteiger charge is 2.33. The van der Waals surface area contributed by atoms with E-state index in [-0.39, 0.29) is 17.5 Å². The fraction of sp³-hybridized carbons (Fsp3) is 0.923. The molecule has 2 saturated heterocycles. The molecular formula is C13H26N3O3S2+. The highest BCUT2D eigenvalue weighted by atomic mass is 32.2. The molecule has 2 aliphatic heterocycles. The number of sulfone groups is 1. The average Bonchev–Trinajstić information content (AvgIpc) is 2.84. The zero-order valence-electron chi connectivity index (χ0n) is 12.6. The predicted molar refractivity (Wildman–Crippen MR) is 86.4 cm³/mol. The Morgan fingerprint density at radius 3 is 2.71 bits per heavy atom. The van der Waals surface area contributed by atoms with Crippen LogP contribution in [0.5, 0.6) is 0 Å². The third-order valence-corrected chi connectivity index (χ3v) is 6.44. The Morgan fingerprint density at radius 1 is 1.43 bits per heavy atom. The average molecular weight is 337 g/mol. The van der Waals surface area contributed by atoms with Crippen LogP contribution in [0.15, 0.2) is 0 Å². The Labute approximate surface area is 132 Å². The number of thiocarbonyl (C=S) groups is 1. The van der Waals surface area contributed by atoms with E-state index in [1.807, 2.05) is 0 Å². The predicted octanol–water partition coefficient (Wildman–Crippen LogP) is -1.71. The maximum absolute atomic E-state index is 11.7. The van der Waals surface area contributed by atoms with Crippen LogP contribution in [0.25, 0.3) is 0 Å². The molecule has 0 aliphatic carbocycles. The summed E-state index contributed by atoms with van der Waals surface area (Å²) in [7, 11) is -1.08. The SMILES string of the molecule is CNC(=S)N(CCC[NH+]1CCOCC1)[C@H]1CCS(=O)(=O)C1. The number of nitrogens with zero attached hydrogens (tertiary/aromatic N) is 1. The Kier molecular flexibility index (Phi) is 6.21. The molecule has 8 heteroatoms. The van der Waals surface area contributed by atoms with E-state index in [9.17, 15) is 8.42 Å². The molecule has 6 nitrogen and oxygen atoms in total. The summed E-state index contributed by atoms with van der Waals surface area (Å²) in [5, 5.41) is 3.65. The van der Waals surface area contributed by atoms with E-state index >= 15 is 0 Å². The minimum Gasteiger partial charge on any atom is -0.370 e. The van der Waals surface area contributed by atoms with Gasteiger partial charge in [-0.05, 0) is 18.6 Å². The van der Waals surface area contributed by atoms with Crippen LogP contribution in [-0.4, -0.2) is 82.4 Å². The number of rotatable bonds is 5. The van der Waals surface area contributed by atoms with Gasteiger partial charge in [0.2, 0.25) is 0 Å². The van der Waals surface area contributed by atoms with Gasteiger partial charge < -0.3 is 19.9 Å². The van der Waals surface area contributed by atoms with Crippen molar-refractivity contribution in [3.05, 3.63) is 0 Å². The van der Waals surface area contributed by atoms with Gasteiger partial charge in [0.15, 0.2) is 14.9 Å². The number of morpholine rings is 1. The molecule has 2 heterocycles. The van der Waals surface area contributed by atoms with Gasteiger partial charge in [0, 0.05) is 26.1 Å². The topological polar surface area (TPSA) is 63.1 Å². The molecule has 0 aromatic rings. The van der Waals surface area contributed by atoms with Crippen molar-refractivity contribution in [2.24, 2.45) is 0 Å². The highest BCUT2D eigenvalue weighted by Crippen LogP contribution is 2.18. The molecule has 21 heavy (non-hydrogen) atoms. The fourth-order valence-electron chi connectivity index (χ4n) is 3.02. The summed E-state index contributed by atoms with van der Waals surface area (Å²) in [6.07, 6.45) is 1.71. The van der Waals surface area contributed by atoms with Gasteiger partial charge in [-0.15, -0.1) is 0 Å². The van der Waals surface area contributed by atoms with Crippen LogP contribution in [0.2, 0.25) is 0 Å². The minimum absolute atomic E-state index is 0.0367. The first-order chi connectivity index (χ1) is 10.0. The van der Waals surface area contributed by atoms with E-state index in [2.05, 4.69) is 10.2 Å². The monoisotopic (exact) mass is 336 g/mol. The minimum atomic E-state index is -2.88. The van der Waals surface area contributed by atoms with Gasteiger partial charge in [-0.3, -0.25) is 0 Å². The molecule has 0 aromatic heterocycles. The van der Waals surface area contributed by atoms with Gasteiger partial charge in [0.1, 0.15) is 13.1 Å². The first-order valence-corrected chi connectivity index (χ1v) is 9.85. The molecule has 0 aromatic carbocycles.